The predicted molar refractivity (Wildman–Crippen MR) is 154 cm³/mol. The third-order valence-electron chi connectivity index (χ3n) is 7.56. The van der Waals surface area contributed by atoms with Crippen LogP contribution < -0.4 is 14.2 Å². The summed E-state index contributed by atoms with van der Waals surface area (Å²) in [5, 5.41) is 10.9. The second-order valence-corrected chi connectivity index (χ2v) is 12.0. The molecule has 5 rings (SSSR count). The lowest BCUT2D eigenvalue weighted by molar-refractivity contribution is 0.0420. The zero-order valence-electron chi connectivity index (χ0n) is 23.0. The van der Waals surface area contributed by atoms with Crippen molar-refractivity contribution in [1.82, 2.24) is 9.43 Å². The van der Waals surface area contributed by atoms with Gasteiger partial charge in [-0.2, -0.15) is 0 Å². The van der Waals surface area contributed by atoms with Gasteiger partial charge in [0.1, 0.15) is 23.4 Å². The first-order valence-electron chi connectivity index (χ1n) is 13.8. The summed E-state index contributed by atoms with van der Waals surface area (Å²) in [4.78, 5) is 2.21. The van der Waals surface area contributed by atoms with Gasteiger partial charge in [0.2, 0.25) is 0 Å². The maximum Gasteiger partial charge on any atom is 0.269 e. The molecule has 1 N–H and O–H groups in total. The number of unbranched alkanes of at least 4 members (excludes halogenated alkanes) is 1. The molecule has 0 aromatic heterocycles. The van der Waals surface area contributed by atoms with Gasteiger partial charge in [-0.3, -0.25) is 0 Å². The van der Waals surface area contributed by atoms with Crippen LogP contribution in [0.25, 0.3) is 5.57 Å². The van der Waals surface area contributed by atoms with Crippen molar-refractivity contribution in [3.05, 3.63) is 90.2 Å². The van der Waals surface area contributed by atoms with Crippen LogP contribution in [0, 0.1) is 0 Å². The molecule has 8 nitrogen and oxygen atoms in total. The summed E-state index contributed by atoms with van der Waals surface area (Å²) in [6.07, 6.45) is 3.40. The lowest BCUT2D eigenvalue weighted by atomic mass is 9.94. The SMILES string of the molecule is COc1ccc(C2=COc3cc(OCCCCN4CCC(N(F)S(=O)(=O)c5ccccc5)CC4)ccc3C2O)cc1. The maximum atomic E-state index is 14.8. The Balaban J connectivity index is 1.04. The molecule has 0 saturated carbocycles. The summed E-state index contributed by atoms with van der Waals surface area (Å²) < 4.78 is 56.9. The molecule has 1 atom stereocenters. The Morgan fingerprint density at radius 2 is 1.71 bits per heavy atom. The molecule has 0 spiro atoms. The van der Waals surface area contributed by atoms with Crippen molar-refractivity contribution < 1.29 is 32.2 Å². The van der Waals surface area contributed by atoms with Gasteiger partial charge in [0.05, 0.1) is 30.9 Å². The number of halogens is 1. The molecule has 0 aliphatic carbocycles. The Morgan fingerprint density at radius 3 is 2.41 bits per heavy atom. The molecule has 10 heteroatoms. The van der Waals surface area contributed by atoms with E-state index in [4.69, 9.17) is 14.2 Å². The summed E-state index contributed by atoms with van der Waals surface area (Å²) in [6, 6.07) is 20.0. The third kappa shape index (κ3) is 6.73. The van der Waals surface area contributed by atoms with Crippen LogP contribution in [0.3, 0.4) is 0 Å². The minimum Gasteiger partial charge on any atom is -0.497 e. The van der Waals surface area contributed by atoms with E-state index in [9.17, 15) is 18.0 Å². The van der Waals surface area contributed by atoms with Crippen LogP contribution in [0.15, 0.2) is 84.0 Å². The number of rotatable bonds is 11. The highest BCUT2D eigenvalue weighted by molar-refractivity contribution is 7.89. The quantitative estimate of drug-likeness (QED) is 0.241. The van der Waals surface area contributed by atoms with Crippen molar-refractivity contribution in [2.24, 2.45) is 0 Å². The van der Waals surface area contributed by atoms with Crippen LogP contribution in [0.1, 0.15) is 42.9 Å². The molecule has 218 valence electrons. The van der Waals surface area contributed by atoms with Crippen LogP contribution in [0.4, 0.5) is 4.48 Å². The van der Waals surface area contributed by atoms with Crippen molar-refractivity contribution in [3.63, 3.8) is 0 Å². The second-order valence-electron chi connectivity index (χ2n) is 10.2. The van der Waals surface area contributed by atoms with Gasteiger partial charge in [-0.25, -0.2) is 8.42 Å². The number of benzene rings is 3. The number of hydrogen-bond donors (Lipinski definition) is 1. The highest BCUT2D eigenvalue weighted by Crippen LogP contribution is 2.41. The van der Waals surface area contributed by atoms with Gasteiger partial charge >= 0.3 is 0 Å². The van der Waals surface area contributed by atoms with Crippen molar-refractivity contribution in [3.8, 4) is 17.2 Å². The first-order chi connectivity index (χ1) is 19.9. The van der Waals surface area contributed by atoms with Gasteiger partial charge in [0.15, 0.2) is 0 Å². The van der Waals surface area contributed by atoms with Crippen LogP contribution in [-0.4, -0.2) is 62.3 Å². The van der Waals surface area contributed by atoms with E-state index in [0.29, 0.717) is 55.2 Å². The Hall–Kier alpha value is -3.44. The molecular weight excluding hydrogens is 547 g/mol. The third-order valence-corrected chi connectivity index (χ3v) is 9.19. The van der Waals surface area contributed by atoms with Crippen LogP contribution in [0.2, 0.25) is 0 Å². The number of piperidine rings is 1. The van der Waals surface area contributed by atoms with Crippen LogP contribution in [-0.2, 0) is 10.0 Å². The highest BCUT2D eigenvalue weighted by Gasteiger charge is 2.34. The Labute approximate surface area is 240 Å². The average Bonchev–Trinajstić information content (AvgIpc) is 3.01. The molecule has 3 aromatic carbocycles. The van der Waals surface area contributed by atoms with E-state index in [1.807, 2.05) is 36.4 Å². The monoisotopic (exact) mass is 582 g/mol. The topological polar surface area (TPSA) is 88.5 Å². The molecule has 41 heavy (non-hydrogen) atoms. The Morgan fingerprint density at radius 1 is 1.00 bits per heavy atom. The second kappa shape index (κ2) is 13.0. The van der Waals surface area contributed by atoms with E-state index in [1.165, 1.54) is 12.1 Å². The number of sulfonamides is 1. The standard InChI is InChI=1S/C31H35FN2O6S/c1-38-25-11-9-23(10-12-25)29-22-40-30-21-26(13-14-28(30)31(29)35)39-20-6-5-17-33-18-15-24(16-19-33)34(32)41(36,37)27-7-3-2-4-8-27/h2-4,7-14,21-22,24,31,35H,5-6,15-20H2,1H3. The summed E-state index contributed by atoms with van der Waals surface area (Å²) in [5.41, 5.74) is 2.21. The lowest BCUT2D eigenvalue weighted by Crippen LogP contribution is -2.44. The molecule has 2 aliphatic heterocycles. The Kier molecular flexibility index (Phi) is 9.24. The normalized spacial score (nSPS) is 18.0. The molecule has 0 radical (unpaired) electrons. The van der Waals surface area contributed by atoms with E-state index in [1.54, 1.807) is 37.6 Å². The molecule has 3 aromatic rings. The molecule has 1 saturated heterocycles. The number of likely N-dealkylation sites (tertiary alicyclic amines) is 1. The lowest BCUT2D eigenvalue weighted by Gasteiger charge is -2.33. The van der Waals surface area contributed by atoms with Crippen molar-refractivity contribution >= 4 is 15.6 Å². The summed E-state index contributed by atoms with van der Waals surface area (Å²) >= 11 is 0. The van der Waals surface area contributed by atoms with Gasteiger partial charge in [-0.15, -0.1) is 4.48 Å². The van der Waals surface area contributed by atoms with E-state index in [0.717, 1.165) is 30.7 Å². The fraction of sp³-hybridized carbons (Fsp3) is 0.355. The molecule has 2 heterocycles. The van der Waals surface area contributed by atoms with Crippen molar-refractivity contribution in [2.75, 3.05) is 33.4 Å². The summed E-state index contributed by atoms with van der Waals surface area (Å²) in [6.45, 7) is 2.66. The number of nitrogens with zero attached hydrogens (tertiary/aromatic N) is 2. The average molecular weight is 583 g/mol. The molecule has 2 aliphatic rings. The highest BCUT2D eigenvalue weighted by atomic mass is 32.2. The number of hydrogen-bond acceptors (Lipinski definition) is 7. The largest absolute Gasteiger partial charge is 0.497 e. The smallest absolute Gasteiger partial charge is 0.269 e. The van der Waals surface area contributed by atoms with E-state index >= 15 is 0 Å². The van der Waals surface area contributed by atoms with Gasteiger partial charge in [-0.05, 0) is 91.8 Å². The number of ether oxygens (including phenoxy) is 3. The number of aliphatic hydroxyl groups excluding tert-OH is 1. The molecule has 1 unspecified atom stereocenters. The van der Waals surface area contributed by atoms with Gasteiger partial charge in [0.25, 0.3) is 10.0 Å². The first kappa shape index (κ1) is 29.1. The zero-order chi connectivity index (χ0) is 28.8. The number of methoxy groups -OCH3 is 1. The van der Waals surface area contributed by atoms with E-state index < -0.39 is 22.2 Å². The molecule has 1 fully saturated rings. The molecular formula is C31H35FN2O6S. The van der Waals surface area contributed by atoms with Gasteiger partial charge < -0.3 is 24.2 Å². The van der Waals surface area contributed by atoms with Gasteiger partial charge in [-0.1, -0.05) is 30.3 Å². The maximum absolute atomic E-state index is 14.8. The molecule has 0 amide bonds. The number of aliphatic hydroxyl groups is 1. The molecule has 0 bridgehead atoms. The minimum atomic E-state index is -4.13. The van der Waals surface area contributed by atoms with Crippen LogP contribution in [0.5, 0.6) is 17.2 Å². The fourth-order valence-electron chi connectivity index (χ4n) is 5.16. The van der Waals surface area contributed by atoms with Crippen molar-refractivity contribution in [1.29, 1.82) is 0 Å². The van der Waals surface area contributed by atoms with Crippen molar-refractivity contribution in [2.45, 2.75) is 42.7 Å². The first-order valence-corrected chi connectivity index (χ1v) is 15.2. The van der Waals surface area contributed by atoms with E-state index in [-0.39, 0.29) is 9.42 Å². The Bertz CT molecular complexity index is 1440. The summed E-state index contributed by atoms with van der Waals surface area (Å²) in [7, 11) is -2.52. The van der Waals surface area contributed by atoms with E-state index in [2.05, 4.69) is 4.90 Å². The van der Waals surface area contributed by atoms with Crippen LogP contribution >= 0.6 is 0 Å². The fourth-order valence-corrected chi connectivity index (χ4v) is 6.47. The minimum absolute atomic E-state index is 0.0265. The zero-order valence-corrected chi connectivity index (χ0v) is 23.8. The number of fused-ring (bicyclic) bond motifs is 1. The predicted octanol–water partition coefficient (Wildman–Crippen LogP) is 5.36. The van der Waals surface area contributed by atoms with Gasteiger partial charge in [0, 0.05) is 17.2 Å². The summed E-state index contributed by atoms with van der Waals surface area (Å²) in [5.74, 6) is 1.97.